The summed E-state index contributed by atoms with van der Waals surface area (Å²) in [6.45, 7) is 9.72. The summed E-state index contributed by atoms with van der Waals surface area (Å²) in [5.41, 5.74) is 7.46. The average molecular weight is 1380 g/mol. The molecule has 4 unspecified atom stereocenters. The summed E-state index contributed by atoms with van der Waals surface area (Å²) in [7, 11) is 0. The molecule has 9 N–H and O–H groups in total. The Morgan fingerprint density at radius 2 is 0.970 bits per heavy atom. The van der Waals surface area contributed by atoms with E-state index >= 15 is 0 Å². The summed E-state index contributed by atoms with van der Waals surface area (Å²) < 4.78 is 12.5. The molecule has 4 atom stereocenters. The van der Waals surface area contributed by atoms with Gasteiger partial charge < -0.3 is 52.0 Å². The topological polar surface area (TPSA) is 316 Å². The van der Waals surface area contributed by atoms with Crippen molar-refractivity contribution in [2.45, 2.75) is 170 Å². The lowest BCUT2D eigenvalue weighted by Crippen LogP contribution is -2.48. The SMILES string of the molecule is CCCCCCCCCCCCCCC(CC(=O)NCCCNC(=O)C(C)(CC(CSCCNC(=O)c1cc(OCc2ccc(C(=O)c3ccccc3)cc2)cc(OCc2ccc(C(=O)c3ccccc3)cc2)c1)C(N)=O)CC(C)(C)C(=O)NCCCNC(=O)C(C)CC(=O)O)C(=O)O. The maximum Gasteiger partial charge on any atom is 0.307 e. The Labute approximate surface area is 588 Å². The fourth-order valence-corrected chi connectivity index (χ4v) is 12.7. The number of hydrogen-bond donors (Lipinski definition) is 8. The van der Waals surface area contributed by atoms with Crippen LogP contribution in [0.4, 0.5) is 0 Å². The molecule has 0 aliphatic heterocycles. The third-order valence-electron chi connectivity index (χ3n) is 17.4. The Hall–Kier alpha value is -8.85. The number of carbonyl (C=O) groups excluding carboxylic acids is 8. The van der Waals surface area contributed by atoms with Gasteiger partial charge in [0.1, 0.15) is 24.7 Å². The Morgan fingerprint density at radius 1 is 0.505 bits per heavy atom. The number of carboxylic acid groups (broad SMARTS) is 2. The Morgan fingerprint density at radius 3 is 1.45 bits per heavy atom. The summed E-state index contributed by atoms with van der Waals surface area (Å²) >= 11 is 1.34. The van der Waals surface area contributed by atoms with E-state index in [0.29, 0.717) is 58.8 Å². The monoisotopic (exact) mass is 1380 g/mol. The van der Waals surface area contributed by atoms with Crippen molar-refractivity contribution in [3.63, 3.8) is 0 Å². The summed E-state index contributed by atoms with van der Waals surface area (Å²) in [5.74, 6) is -6.41. The van der Waals surface area contributed by atoms with Gasteiger partial charge in [-0.3, -0.25) is 47.9 Å². The Kier molecular flexibility index (Phi) is 35.5. The van der Waals surface area contributed by atoms with Crippen LogP contribution in [0.25, 0.3) is 0 Å². The number of ether oxygens (including phenoxy) is 2. The van der Waals surface area contributed by atoms with Crippen LogP contribution in [0.5, 0.6) is 11.5 Å². The number of nitrogens with one attached hydrogen (secondary N) is 5. The van der Waals surface area contributed by atoms with Crippen molar-refractivity contribution in [1.82, 2.24) is 26.6 Å². The number of carboxylic acids is 2. The minimum absolute atomic E-state index is 0.0311. The van der Waals surface area contributed by atoms with Crippen LogP contribution in [-0.4, -0.2) is 113 Å². The second-order valence-electron chi connectivity index (χ2n) is 26.6. The zero-order valence-electron chi connectivity index (χ0n) is 58.4. The average Bonchev–Trinajstić information content (AvgIpc) is 0.813. The quantitative estimate of drug-likeness (QED) is 0.0133. The Bertz CT molecular complexity index is 3270. The lowest BCUT2D eigenvalue weighted by Gasteiger charge is -2.37. The number of hydrogen-bond acceptors (Lipinski definition) is 13. The van der Waals surface area contributed by atoms with E-state index in [-0.39, 0.29) is 94.5 Å². The fraction of sp³-hybridized carbons (Fsp3) is 0.487. The minimum atomic E-state index is -1.36. The molecule has 0 fully saturated rings. The summed E-state index contributed by atoms with van der Waals surface area (Å²) in [6.07, 6.45) is 14.3. The molecule has 21 heteroatoms. The van der Waals surface area contributed by atoms with E-state index in [4.69, 9.17) is 20.3 Å². The highest BCUT2D eigenvalue weighted by atomic mass is 32.2. The van der Waals surface area contributed by atoms with Crippen LogP contribution < -0.4 is 41.8 Å². The number of rotatable bonds is 50. The van der Waals surface area contributed by atoms with E-state index in [1.54, 1.807) is 136 Å². The first-order valence-corrected chi connectivity index (χ1v) is 36.1. The summed E-state index contributed by atoms with van der Waals surface area (Å²) in [6, 6.07) is 36.9. The number of benzene rings is 5. The molecule has 99 heavy (non-hydrogen) atoms. The van der Waals surface area contributed by atoms with E-state index in [9.17, 15) is 53.1 Å². The maximum atomic E-state index is 14.5. The molecule has 0 aliphatic rings. The van der Waals surface area contributed by atoms with E-state index < -0.39 is 76.0 Å². The van der Waals surface area contributed by atoms with Crippen molar-refractivity contribution < 1.29 is 67.6 Å². The van der Waals surface area contributed by atoms with E-state index in [1.165, 1.54) is 70.1 Å². The molecule has 0 aromatic heterocycles. The van der Waals surface area contributed by atoms with Crippen molar-refractivity contribution in [2.75, 3.05) is 44.2 Å². The maximum absolute atomic E-state index is 14.5. The van der Waals surface area contributed by atoms with Gasteiger partial charge in [0.2, 0.25) is 29.5 Å². The first kappa shape index (κ1) is 80.8. The second kappa shape index (κ2) is 43.5. The second-order valence-corrected chi connectivity index (χ2v) is 27.7. The number of aliphatic carboxylic acids is 2. The lowest BCUT2D eigenvalue weighted by atomic mass is 9.68. The van der Waals surface area contributed by atoms with Crippen molar-refractivity contribution in [3.8, 4) is 11.5 Å². The standard InChI is InChI=1S/C78H104N6O14S/c1-6-7-8-9-10-11-12-13-14-15-16-19-30-62(74(93)94)48-67(85)80-39-24-42-84-76(96)78(5,54-77(3,4)75(95)83-41-25-40-81-72(91)55(2)45-68(86)87)50-64(71(79)90)53-99-44-43-82-73(92)63-46-65(97-51-56-31-35-60(36-32-56)69(88)58-26-20-17-21-27-58)49-66(47-63)98-52-57-33-37-61(38-34-57)70(89)59-28-22-18-23-29-59/h17-18,20-23,26-29,31-38,46-47,49,55,62,64H,6-16,19,24-25,30,39-45,48,50-54H2,1-5H3,(H2,79,90)(H,80,85)(H,81,91)(H,82,92)(H,83,95)(H,84,96)(H,86,87)(H,93,94). The zero-order valence-corrected chi connectivity index (χ0v) is 59.3. The molecular formula is C78H104N6O14S. The highest BCUT2D eigenvalue weighted by Gasteiger charge is 2.44. The molecule has 0 radical (unpaired) electrons. The van der Waals surface area contributed by atoms with E-state index in [2.05, 4.69) is 33.5 Å². The van der Waals surface area contributed by atoms with Crippen molar-refractivity contribution in [3.05, 3.63) is 166 Å². The van der Waals surface area contributed by atoms with Gasteiger partial charge >= 0.3 is 11.9 Å². The van der Waals surface area contributed by atoms with Crippen LogP contribution in [0.2, 0.25) is 0 Å². The van der Waals surface area contributed by atoms with Crippen LogP contribution in [0.15, 0.2) is 127 Å². The molecule has 0 saturated carbocycles. The highest BCUT2D eigenvalue weighted by molar-refractivity contribution is 7.99. The molecule has 0 saturated heterocycles. The van der Waals surface area contributed by atoms with Gasteiger partial charge in [0, 0.05) is 107 Å². The van der Waals surface area contributed by atoms with Gasteiger partial charge in [-0.2, -0.15) is 11.8 Å². The molecule has 20 nitrogen and oxygen atoms in total. The molecule has 5 rings (SSSR count). The molecule has 0 aliphatic carbocycles. The first-order valence-electron chi connectivity index (χ1n) is 35.0. The van der Waals surface area contributed by atoms with Crippen LogP contribution >= 0.6 is 11.8 Å². The molecule has 6 amide bonds. The number of amides is 6. The van der Waals surface area contributed by atoms with Gasteiger partial charge in [-0.05, 0) is 55.4 Å². The molecular weight excluding hydrogens is 1280 g/mol. The van der Waals surface area contributed by atoms with Crippen molar-refractivity contribution >= 4 is 70.7 Å². The van der Waals surface area contributed by atoms with Gasteiger partial charge in [0.05, 0.1) is 12.3 Å². The highest BCUT2D eigenvalue weighted by Crippen LogP contribution is 2.40. The van der Waals surface area contributed by atoms with E-state index in [0.717, 1.165) is 36.8 Å². The number of carbonyl (C=O) groups is 10. The summed E-state index contributed by atoms with van der Waals surface area (Å²) in [4.78, 5) is 130. The van der Waals surface area contributed by atoms with Crippen LogP contribution in [0.3, 0.4) is 0 Å². The molecule has 0 bridgehead atoms. The van der Waals surface area contributed by atoms with Gasteiger partial charge in [0.15, 0.2) is 11.6 Å². The zero-order chi connectivity index (χ0) is 72.0. The van der Waals surface area contributed by atoms with Crippen molar-refractivity contribution in [1.29, 1.82) is 0 Å². The Balaban J connectivity index is 1.20. The predicted molar refractivity (Wildman–Crippen MR) is 385 cm³/mol. The minimum Gasteiger partial charge on any atom is -0.489 e. The third kappa shape index (κ3) is 30.0. The smallest absolute Gasteiger partial charge is 0.307 e. The molecule has 0 spiro atoms. The van der Waals surface area contributed by atoms with Gasteiger partial charge in [0.25, 0.3) is 5.91 Å². The predicted octanol–water partition coefficient (Wildman–Crippen LogP) is 12.2. The summed E-state index contributed by atoms with van der Waals surface area (Å²) in [5, 5.41) is 33.2. The van der Waals surface area contributed by atoms with Gasteiger partial charge in [-0.25, -0.2) is 0 Å². The third-order valence-corrected chi connectivity index (χ3v) is 18.5. The number of nitrogens with two attached hydrogens (primary N) is 1. The van der Waals surface area contributed by atoms with Crippen LogP contribution in [0.1, 0.15) is 210 Å². The van der Waals surface area contributed by atoms with Crippen LogP contribution in [0, 0.1) is 28.6 Å². The number of ketones is 2. The van der Waals surface area contributed by atoms with Crippen molar-refractivity contribution in [2.24, 2.45) is 34.3 Å². The number of primary amides is 1. The van der Waals surface area contributed by atoms with Gasteiger partial charge in [-0.1, -0.05) is 221 Å². The number of thioether (sulfide) groups is 1. The number of unbranched alkanes of at least 4 members (excludes halogenated alkanes) is 11. The van der Waals surface area contributed by atoms with Gasteiger partial charge in [-0.15, -0.1) is 0 Å². The molecule has 5 aromatic rings. The molecule has 536 valence electrons. The lowest BCUT2D eigenvalue weighted by molar-refractivity contribution is -0.144. The fourth-order valence-electron chi connectivity index (χ4n) is 11.7. The molecule has 0 heterocycles. The largest absolute Gasteiger partial charge is 0.489 e. The normalized spacial score (nSPS) is 12.7. The van der Waals surface area contributed by atoms with Crippen LogP contribution in [-0.2, 0) is 46.8 Å². The first-order chi connectivity index (χ1) is 47.5. The van der Waals surface area contributed by atoms with E-state index in [1.807, 2.05) is 12.1 Å². The molecule has 5 aromatic carbocycles.